The molecule has 25 heavy (non-hydrogen) atoms. The van der Waals surface area contributed by atoms with E-state index in [2.05, 4.69) is 4.90 Å². The summed E-state index contributed by atoms with van der Waals surface area (Å²) in [6.45, 7) is 5.08. The van der Waals surface area contributed by atoms with Crippen LogP contribution in [0.15, 0.2) is 30.0 Å². The Morgan fingerprint density at radius 1 is 1.16 bits per heavy atom. The molecule has 0 spiro atoms. The van der Waals surface area contributed by atoms with E-state index in [9.17, 15) is 18.0 Å². The van der Waals surface area contributed by atoms with Crippen molar-refractivity contribution in [2.75, 3.05) is 33.0 Å². The van der Waals surface area contributed by atoms with Crippen LogP contribution in [0.5, 0.6) is 11.5 Å². The molecule has 2 aliphatic heterocycles. The standard InChI is InChI=1S/C17H19F3N2O3/c1-12(8-16(23)17(18,19)20)22-6-4-21(5-7-22)10-13-2-3-14-15(9-13)25-11-24-14/h2-3,8-9H,4-7,10-11H2,1H3/b12-8+. The third kappa shape index (κ3) is 4.25. The van der Waals surface area contributed by atoms with Crippen molar-refractivity contribution >= 4 is 5.78 Å². The molecular weight excluding hydrogens is 337 g/mol. The van der Waals surface area contributed by atoms with Crippen LogP contribution in [-0.2, 0) is 11.3 Å². The van der Waals surface area contributed by atoms with E-state index in [0.29, 0.717) is 38.0 Å². The predicted molar refractivity (Wildman–Crippen MR) is 84.2 cm³/mol. The van der Waals surface area contributed by atoms with Gasteiger partial charge in [-0.15, -0.1) is 0 Å². The van der Waals surface area contributed by atoms with Crippen molar-refractivity contribution in [2.45, 2.75) is 19.6 Å². The third-order valence-electron chi connectivity index (χ3n) is 4.33. The number of rotatable bonds is 4. The average molecular weight is 356 g/mol. The predicted octanol–water partition coefficient (Wildman–Crippen LogP) is 2.57. The Kier molecular flexibility index (Phi) is 4.89. The van der Waals surface area contributed by atoms with Gasteiger partial charge in [-0.2, -0.15) is 13.2 Å². The number of halogens is 3. The van der Waals surface area contributed by atoms with Crippen molar-refractivity contribution in [3.05, 3.63) is 35.5 Å². The van der Waals surface area contributed by atoms with E-state index in [4.69, 9.17) is 9.47 Å². The van der Waals surface area contributed by atoms with Crippen LogP contribution in [0.25, 0.3) is 0 Å². The summed E-state index contributed by atoms with van der Waals surface area (Å²) < 4.78 is 47.7. The smallest absolute Gasteiger partial charge is 0.454 e. The zero-order valence-electron chi connectivity index (χ0n) is 13.8. The molecule has 0 aromatic heterocycles. The lowest BCUT2D eigenvalue weighted by Crippen LogP contribution is -2.45. The molecule has 0 bridgehead atoms. The van der Waals surface area contributed by atoms with Crippen LogP contribution in [0, 0.1) is 0 Å². The summed E-state index contributed by atoms with van der Waals surface area (Å²) >= 11 is 0. The van der Waals surface area contributed by atoms with Gasteiger partial charge >= 0.3 is 6.18 Å². The van der Waals surface area contributed by atoms with Gasteiger partial charge in [0.25, 0.3) is 5.78 Å². The number of carbonyl (C=O) groups excluding carboxylic acids is 1. The second-order valence-corrected chi connectivity index (χ2v) is 6.10. The molecule has 0 N–H and O–H groups in total. The number of benzene rings is 1. The van der Waals surface area contributed by atoms with Gasteiger partial charge in [0, 0.05) is 44.5 Å². The zero-order valence-corrected chi connectivity index (χ0v) is 13.8. The van der Waals surface area contributed by atoms with Crippen LogP contribution in [0.1, 0.15) is 12.5 Å². The molecule has 0 saturated carbocycles. The molecule has 0 radical (unpaired) electrons. The number of allylic oxidation sites excluding steroid dienone is 2. The maximum absolute atomic E-state index is 12.3. The fourth-order valence-corrected chi connectivity index (χ4v) is 2.92. The molecule has 1 saturated heterocycles. The van der Waals surface area contributed by atoms with Crippen molar-refractivity contribution in [2.24, 2.45) is 0 Å². The van der Waals surface area contributed by atoms with Crippen LogP contribution in [-0.4, -0.2) is 54.7 Å². The highest BCUT2D eigenvalue weighted by Crippen LogP contribution is 2.32. The zero-order chi connectivity index (χ0) is 18.0. The highest BCUT2D eigenvalue weighted by molar-refractivity contribution is 5.94. The fourth-order valence-electron chi connectivity index (χ4n) is 2.92. The van der Waals surface area contributed by atoms with Crippen molar-refractivity contribution in [3.63, 3.8) is 0 Å². The van der Waals surface area contributed by atoms with E-state index in [1.807, 2.05) is 18.2 Å². The van der Waals surface area contributed by atoms with Crippen molar-refractivity contribution in [3.8, 4) is 11.5 Å². The minimum Gasteiger partial charge on any atom is -0.454 e. The first-order valence-electron chi connectivity index (χ1n) is 7.98. The van der Waals surface area contributed by atoms with Gasteiger partial charge in [-0.05, 0) is 24.6 Å². The molecule has 5 nitrogen and oxygen atoms in total. The van der Waals surface area contributed by atoms with E-state index in [-0.39, 0.29) is 6.79 Å². The lowest BCUT2D eigenvalue weighted by atomic mass is 10.1. The molecule has 1 aromatic carbocycles. The molecule has 3 rings (SSSR count). The Labute approximate surface area is 143 Å². The summed E-state index contributed by atoms with van der Waals surface area (Å²) in [5.41, 5.74) is 1.45. The molecule has 2 aliphatic rings. The SMILES string of the molecule is C/C(=C\C(=O)C(F)(F)F)N1CCN(Cc2ccc3c(c2)OCO3)CC1. The van der Waals surface area contributed by atoms with Gasteiger partial charge < -0.3 is 14.4 Å². The molecule has 0 aliphatic carbocycles. The van der Waals surface area contributed by atoms with Gasteiger partial charge in [-0.1, -0.05) is 6.07 Å². The van der Waals surface area contributed by atoms with Gasteiger partial charge in [0.15, 0.2) is 11.5 Å². The van der Waals surface area contributed by atoms with Gasteiger partial charge in [0.2, 0.25) is 6.79 Å². The molecular formula is C17H19F3N2O3. The van der Waals surface area contributed by atoms with Crippen molar-refractivity contribution in [1.82, 2.24) is 9.80 Å². The quantitative estimate of drug-likeness (QED) is 0.776. The highest BCUT2D eigenvalue weighted by Gasteiger charge is 2.37. The second-order valence-electron chi connectivity index (χ2n) is 6.10. The Morgan fingerprint density at radius 2 is 1.84 bits per heavy atom. The van der Waals surface area contributed by atoms with E-state index >= 15 is 0 Å². The normalized spacial score (nSPS) is 18.6. The van der Waals surface area contributed by atoms with Crippen LogP contribution in [0.4, 0.5) is 13.2 Å². The first kappa shape index (κ1) is 17.6. The van der Waals surface area contributed by atoms with Gasteiger partial charge in [-0.25, -0.2) is 0 Å². The lowest BCUT2D eigenvalue weighted by Gasteiger charge is -2.36. The molecule has 8 heteroatoms. The van der Waals surface area contributed by atoms with E-state index in [0.717, 1.165) is 23.6 Å². The maximum Gasteiger partial charge on any atom is 0.454 e. The first-order chi connectivity index (χ1) is 11.8. The lowest BCUT2D eigenvalue weighted by molar-refractivity contribution is -0.165. The highest BCUT2D eigenvalue weighted by atomic mass is 19.4. The molecule has 0 amide bonds. The number of piperazine rings is 1. The Bertz CT molecular complexity index is 680. The summed E-state index contributed by atoms with van der Waals surface area (Å²) in [4.78, 5) is 15.1. The minimum absolute atomic E-state index is 0.236. The number of fused-ring (bicyclic) bond motifs is 1. The third-order valence-corrected chi connectivity index (χ3v) is 4.33. The van der Waals surface area contributed by atoms with Crippen LogP contribution in [0.2, 0.25) is 0 Å². The molecule has 2 heterocycles. The summed E-state index contributed by atoms with van der Waals surface area (Å²) in [6.07, 6.45) is -4.14. The van der Waals surface area contributed by atoms with Crippen molar-refractivity contribution in [1.29, 1.82) is 0 Å². The van der Waals surface area contributed by atoms with Gasteiger partial charge in [-0.3, -0.25) is 9.69 Å². The van der Waals surface area contributed by atoms with E-state index in [1.165, 1.54) is 6.92 Å². The van der Waals surface area contributed by atoms with Crippen LogP contribution >= 0.6 is 0 Å². The molecule has 1 aromatic rings. The number of hydrogen-bond acceptors (Lipinski definition) is 5. The Balaban J connectivity index is 1.53. The summed E-state index contributed by atoms with van der Waals surface area (Å²) in [6, 6.07) is 5.80. The Morgan fingerprint density at radius 3 is 2.52 bits per heavy atom. The number of nitrogens with zero attached hydrogens (tertiary/aromatic N) is 2. The topological polar surface area (TPSA) is 42.0 Å². The average Bonchev–Trinajstić information content (AvgIpc) is 3.02. The molecule has 0 atom stereocenters. The van der Waals surface area contributed by atoms with Crippen LogP contribution in [0.3, 0.4) is 0 Å². The van der Waals surface area contributed by atoms with E-state index in [1.54, 1.807) is 4.90 Å². The minimum atomic E-state index is -4.82. The summed E-state index contributed by atoms with van der Waals surface area (Å²) in [5, 5.41) is 0. The van der Waals surface area contributed by atoms with Crippen molar-refractivity contribution < 1.29 is 27.4 Å². The number of ketones is 1. The van der Waals surface area contributed by atoms with Crippen LogP contribution < -0.4 is 9.47 Å². The Hall–Kier alpha value is -2.22. The van der Waals surface area contributed by atoms with E-state index < -0.39 is 12.0 Å². The largest absolute Gasteiger partial charge is 0.454 e. The van der Waals surface area contributed by atoms with Gasteiger partial charge in [0.05, 0.1) is 0 Å². The maximum atomic E-state index is 12.3. The second kappa shape index (κ2) is 6.95. The number of alkyl halides is 3. The molecule has 136 valence electrons. The summed E-state index contributed by atoms with van der Waals surface area (Å²) in [7, 11) is 0. The number of hydrogen-bond donors (Lipinski definition) is 0. The number of ether oxygens (including phenoxy) is 2. The number of carbonyl (C=O) groups is 1. The van der Waals surface area contributed by atoms with Gasteiger partial charge in [0.1, 0.15) is 0 Å². The monoisotopic (exact) mass is 356 g/mol. The first-order valence-corrected chi connectivity index (χ1v) is 7.98. The fraction of sp³-hybridized carbons (Fsp3) is 0.471. The molecule has 0 unspecified atom stereocenters. The molecule has 1 fully saturated rings. The summed E-state index contributed by atoms with van der Waals surface area (Å²) in [5.74, 6) is -0.336.